The van der Waals surface area contributed by atoms with Gasteiger partial charge in [-0.3, -0.25) is 4.79 Å². The van der Waals surface area contributed by atoms with Crippen molar-refractivity contribution < 1.29 is 9.53 Å². The topological polar surface area (TPSA) is 70.3 Å². The average Bonchev–Trinajstić information content (AvgIpc) is 3.42. The molecule has 1 aromatic heterocycles. The van der Waals surface area contributed by atoms with Gasteiger partial charge in [-0.05, 0) is 87.4 Å². The van der Waals surface area contributed by atoms with E-state index in [0.29, 0.717) is 5.69 Å². The lowest BCUT2D eigenvalue weighted by Crippen LogP contribution is -2.32. The monoisotopic (exact) mass is 446 g/mol. The number of piperidine rings is 1. The predicted octanol–water partition coefficient (Wildman–Crippen LogP) is 5.07. The Balaban J connectivity index is 1.43. The first kappa shape index (κ1) is 23.1. The molecule has 174 valence electrons. The third-order valence-electron chi connectivity index (χ3n) is 6.96. The number of anilines is 2. The molecule has 1 atom stereocenters. The first-order valence-corrected chi connectivity index (χ1v) is 12.0. The minimum absolute atomic E-state index is 0.0986. The molecular weight excluding hydrogens is 412 g/mol. The highest BCUT2D eigenvalue weighted by Gasteiger charge is 2.20. The summed E-state index contributed by atoms with van der Waals surface area (Å²) in [5.74, 6) is 0.400. The third kappa shape index (κ3) is 5.48. The number of ether oxygens (including phenoxy) is 1. The number of carbonyl (C=O) groups is 1. The summed E-state index contributed by atoms with van der Waals surface area (Å²) in [6.45, 7) is 10.2. The van der Waals surface area contributed by atoms with Crippen LogP contribution in [0.25, 0.3) is 6.08 Å². The average molecular weight is 447 g/mol. The number of amides is 1. The normalized spacial score (nSPS) is 19.5. The predicted molar refractivity (Wildman–Crippen MR) is 132 cm³/mol. The Labute approximate surface area is 196 Å². The van der Waals surface area contributed by atoms with Gasteiger partial charge < -0.3 is 19.5 Å². The van der Waals surface area contributed by atoms with Crippen molar-refractivity contribution in [2.45, 2.75) is 59.1 Å². The van der Waals surface area contributed by atoms with Gasteiger partial charge in [-0.25, -0.2) is 0 Å². The molecule has 0 radical (unpaired) electrons. The molecule has 6 nitrogen and oxygen atoms in total. The lowest BCUT2D eigenvalue weighted by atomic mass is 9.99. The van der Waals surface area contributed by atoms with Gasteiger partial charge in [0, 0.05) is 49.0 Å². The Kier molecular flexibility index (Phi) is 7.20. The zero-order chi connectivity index (χ0) is 23.4. The maximum absolute atomic E-state index is 12.8. The van der Waals surface area contributed by atoms with Crippen molar-refractivity contribution in [1.82, 2.24) is 4.57 Å². The maximum Gasteiger partial charge on any atom is 0.266 e. The van der Waals surface area contributed by atoms with E-state index in [2.05, 4.69) is 34.7 Å². The van der Waals surface area contributed by atoms with Gasteiger partial charge in [-0.2, -0.15) is 5.26 Å². The molecule has 1 aromatic carbocycles. The van der Waals surface area contributed by atoms with Gasteiger partial charge in [0.2, 0.25) is 0 Å². The van der Waals surface area contributed by atoms with Crippen LogP contribution in [0.4, 0.5) is 11.4 Å². The summed E-state index contributed by atoms with van der Waals surface area (Å²) in [6, 6.07) is 12.0. The number of aryl methyl sites for hydroxylation is 1. The number of nitrogens with one attached hydrogen (secondary N) is 1. The number of benzene rings is 1. The van der Waals surface area contributed by atoms with E-state index in [-0.39, 0.29) is 17.6 Å². The molecule has 2 fully saturated rings. The zero-order valence-electron chi connectivity index (χ0n) is 19.9. The van der Waals surface area contributed by atoms with E-state index in [1.165, 1.54) is 18.5 Å². The third-order valence-corrected chi connectivity index (χ3v) is 6.96. The number of nitrogens with zero attached hydrogens (tertiary/aromatic N) is 3. The van der Waals surface area contributed by atoms with Crippen LogP contribution in [0.1, 0.15) is 49.6 Å². The molecule has 0 spiro atoms. The lowest BCUT2D eigenvalue weighted by Gasteiger charge is -2.32. The molecule has 2 aliphatic heterocycles. The SMILES string of the molecule is Cc1cc(/C=C(\C#N)C(=O)Nc2ccc(N3CCC(C)CC3)cc2)c(C)n1CC1CCCO1. The van der Waals surface area contributed by atoms with Crippen molar-refractivity contribution in [1.29, 1.82) is 5.26 Å². The second-order valence-electron chi connectivity index (χ2n) is 9.41. The number of rotatable bonds is 6. The fraction of sp³-hybridized carbons (Fsp3) is 0.481. The molecule has 2 aromatic rings. The van der Waals surface area contributed by atoms with E-state index in [1.807, 2.05) is 37.3 Å². The minimum Gasteiger partial charge on any atom is -0.376 e. The van der Waals surface area contributed by atoms with Gasteiger partial charge in [0.25, 0.3) is 5.91 Å². The van der Waals surface area contributed by atoms with Crippen LogP contribution >= 0.6 is 0 Å². The Morgan fingerprint density at radius 1 is 1.21 bits per heavy atom. The van der Waals surface area contributed by atoms with Crippen molar-refractivity contribution >= 4 is 23.4 Å². The fourth-order valence-electron chi connectivity index (χ4n) is 4.77. The molecule has 0 bridgehead atoms. The first-order valence-electron chi connectivity index (χ1n) is 12.0. The molecule has 1 N–H and O–H groups in total. The van der Waals surface area contributed by atoms with Gasteiger partial charge in [-0.1, -0.05) is 6.92 Å². The molecular formula is C27H34N4O2. The van der Waals surface area contributed by atoms with Crippen molar-refractivity contribution in [2.75, 3.05) is 29.9 Å². The Morgan fingerprint density at radius 2 is 1.94 bits per heavy atom. The molecule has 1 amide bonds. The van der Waals surface area contributed by atoms with E-state index in [1.54, 1.807) is 6.08 Å². The highest BCUT2D eigenvalue weighted by molar-refractivity contribution is 6.09. The van der Waals surface area contributed by atoms with Gasteiger partial charge in [-0.15, -0.1) is 0 Å². The summed E-state index contributed by atoms with van der Waals surface area (Å²) in [6.07, 6.45) is 6.53. The van der Waals surface area contributed by atoms with E-state index >= 15 is 0 Å². The number of nitriles is 1. The number of aromatic nitrogens is 1. The second-order valence-corrected chi connectivity index (χ2v) is 9.41. The Hall–Kier alpha value is -3.04. The van der Waals surface area contributed by atoms with Crippen molar-refractivity contribution in [3.05, 3.63) is 52.9 Å². The summed E-state index contributed by atoms with van der Waals surface area (Å²) < 4.78 is 8.00. The Morgan fingerprint density at radius 3 is 2.58 bits per heavy atom. The van der Waals surface area contributed by atoms with Crippen LogP contribution in [0, 0.1) is 31.1 Å². The molecule has 2 aliphatic rings. The zero-order valence-corrected chi connectivity index (χ0v) is 19.9. The fourth-order valence-corrected chi connectivity index (χ4v) is 4.77. The van der Waals surface area contributed by atoms with Crippen molar-refractivity contribution in [3.63, 3.8) is 0 Å². The standard InChI is InChI=1S/C27H34N4O2/c1-19-10-12-30(13-11-19)25-8-6-24(7-9-25)29-27(32)23(17-28)16-22-15-20(2)31(21(22)3)18-26-5-4-14-33-26/h6-9,15-16,19,26H,4-5,10-14,18H2,1-3H3,(H,29,32)/b23-16+. The van der Waals surface area contributed by atoms with Crippen molar-refractivity contribution in [2.24, 2.45) is 5.92 Å². The molecule has 3 heterocycles. The molecule has 6 heteroatoms. The van der Waals surface area contributed by atoms with E-state index < -0.39 is 0 Å². The summed E-state index contributed by atoms with van der Waals surface area (Å²) in [5, 5.41) is 12.5. The van der Waals surface area contributed by atoms with Gasteiger partial charge >= 0.3 is 0 Å². The minimum atomic E-state index is -0.388. The van der Waals surface area contributed by atoms with Crippen LogP contribution in [0.15, 0.2) is 35.9 Å². The van der Waals surface area contributed by atoms with Gasteiger partial charge in [0.15, 0.2) is 0 Å². The molecule has 0 saturated carbocycles. The quantitative estimate of drug-likeness (QED) is 0.497. The highest BCUT2D eigenvalue weighted by atomic mass is 16.5. The summed E-state index contributed by atoms with van der Waals surface area (Å²) in [5.41, 5.74) is 5.01. The molecule has 4 rings (SSSR count). The van der Waals surface area contributed by atoms with Crippen molar-refractivity contribution in [3.8, 4) is 6.07 Å². The molecule has 1 unspecified atom stereocenters. The molecule has 33 heavy (non-hydrogen) atoms. The summed E-state index contributed by atoms with van der Waals surface area (Å²) >= 11 is 0. The summed E-state index contributed by atoms with van der Waals surface area (Å²) in [7, 11) is 0. The first-order chi connectivity index (χ1) is 15.9. The molecule has 2 saturated heterocycles. The van der Waals surface area contributed by atoms with Crippen LogP contribution in [0.3, 0.4) is 0 Å². The lowest BCUT2D eigenvalue weighted by molar-refractivity contribution is -0.112. The highest BCUT2D eigenvalue weighted by Crippen LogP contribution is 2.25. The van der Waals surface area contributed by atoms with Crippen LogP contribution in [0.5, 0.6) is 0 Å². The second kappa shape index (κ2) is 10.3. The number of hydrogen-bond donors (Lipinski definition) is 1. The van der Waals surface area contributed by atoms with Crippen LogP contribution in [-0.4, -0.2) is 36.3 Å². The maximum atomic E-state index is 12.8. The van der Waals surface area contributed by atoms with Crippen LogP contribution in [0.2, 0.25) is 0 Å². The van der Waals surface area contributed by atoms with E-state index in [9.17, 15) is 10.1 Å². The van der Waals surface area contributed by atoms with Gasteiger partial charge in [0.1, 0.15) is 11.6 Å². The van der Waals surface area contributed by atoms with Crippen LogP contribution in [-0.2, 0) is 16.1 Å². The largest absolute Gasteiger partial charge is 0.376 e. The van der Waals surface area contributed by atoms with Crippen LogP contribution < -0.4 is 10.2 Å². The Bertz CT molecular complexity index is 1050. The smallest absolute Gasteiger partial charge is 0.266 e. The van der Waals surface area contributed by atoms with E-state index in [0.717, 1.165) is 62.0 Å². The number of hydrogen-bond acceptors (Lipinski definition) is 4. The number of carbonyl (C=O) groups excluding carboxylic acids is 1. The van der Waals surface area contributed by atoms with Gasteiger partial charge in [0.05, 0.1) is 6.10 Å². The molecule has 0 aliphatic carbocycles. The van der Waals surface area contributed by atoms with E-state index in [4.69, 9.17) is 4.74 Å². The summed E-state index contributed by atoms with van der Waals surface area (Å²) in [4.78, 5) is 15.2.